The lowest BCUT2D eigenvalue weighted by atomic mass is 9.93. The van der Waals surface area contributed by atoms with Crippen molar-refractivity contribution >= 4 is 60.8 Å². The van der Waals surface area contributed by atoms with Crippen molar-refractivity contribution in [2.24, 2.45) is 0 Å². The number of rotatable bonds is 6. The van der Waals surface area contributed by atoms with E-state index in [2.05, 4.69) is 75.5 Å². The van der Waals surface area contributed by atoms with Crippen LogP contribution < -0.4 is 4.90 Å². The van der Waals surface area contributed by atoms with Crippen LogP contribution in [-0.2, 0) is 0 Å². The Hall–Kier alpha value is -8.51. The van der Waals surface area contributed by atoms with Crippen molar-refractivity contribution < 1.29 is 8.83 Å². The molecule has 0 atom stereocenters. The molecule has 10 aromatic rings. The summed E-state index contributed by atoms with van der Waals surface area (Å²) in [6.45, 7) is 0. The lowest BCUT2D eigenvalue weighted by Crippen LogP contribution is -2.09. The number of nitriles is 3. The maximum absolute atomic E-state index is 10.2. The summed E-state index contributed by atoms with van der Waals surface area (Å²) in [5.41, 5.74) is 10.4. The Kier molecular flexibility index (Phi) is 7.78. The first-order valence-electron chi connectivity index (χ1n) is 18.1. The first kappa shape index (κ1) is 33.1. The molecule has 0 aliphatic carbocycles. The van der Waals surface area contributed by atoms with Crippen molar-refractivity contribution in [3.8, 4) is 52.2 Å². The summed E-state index contributed by atoms with van der Waals surface area (Å²) in [7, 11) is 0. The topological polar surface area (TPSA) is 127 Å². The highest BCUT2D eigenvalue weighted by molar-refractivity contribution is 5.97. The van der Waals surface area contributed by atoms with E-state index in [1.165, 1.54) is 0 Å². The van der Waals surface area contributed by atoms with Gasteiger partial charge in [-0.2, -0.15) is 15.8 Å². The highest BCUT2D eigenvalue weighted by Crippen LogP contribution is 2.40. The molecule has 0 fully saturated rings. The van der Waals surface area contributed by atoms with E-state index in [0.717, 1.165) is 60.9 Å². The number of oxazole rings is 2. The molecule has 0 aliphatic rings. The van der Waals surface area contributed by atoms with E-state index in [-0.39, 0.29) is 0 Å². The Balaban J connectivity index is 1.04. The Morgan fingerprint density at radius 2 is 0.965 bits per heavy atom. The van der Waals surface area contributed by atoms with E-state index in [9.17, 15) is 15.8 Å². The Morgan fingerprint density at radius 3 is 1.56 bits per heavy atom. The second-order valence-electron chi connectivity index (χ2n) is 13.6. The molecule has 8 heteroatoms. The van der Waals surface area contributed by atoms with E-state index >= 15 is 0 Å². The van der Waals surface area contributed by atoms with Crippen LogP contribution in [0, 0.1) is 34.0 Å². The Labute approximate surface area is 326 Å². The second kappa shape index (κ2) is 13.4. The van der Waals surface area contributed by atoms with E-state index < -0.39 is 0 Å². The molecule has 8 nitrogen and oxygen atoms in total. The zero-order valence-corrected chi connectivity index (χ0v) is 30.0. The quantitative estimate of drug-likeness (QED) is 0.165. The van der Waals surface area contributed by atoms with Crippen molar-refractivity contribution in [1.82, 2.24) is 9.97 Å². The van der Waals surface area contributed by atoms with Gasteiger partial charge in [-0.15, -0.1) is 0 Å². The lowest BCUT2D eigenvalue weighted by Gasteiger charge is -2.26. The first-order chi connectivity index (χ1) is 28.0. The Morgan fingerprint density at radius 1 is 0.439 bits per heavy atom. The summed E-state index contributed by atoms with van der Waals surface area (Å²) in [4.78, 5) is 11.5. The number of hydrogen-bond acceptors (Lipinski definition) is 8. The van der Waals surface area contributed by atoms with Crippen LogP contribution in [0.2, 0.25) is 0 Å². The average molecular weight is 731 g/mol. The molecule has 10 rings (SSSR count). The summed E-state index contributed by atoms with van der Waals surface area (Å²) >= 11 is 0. The van der Waals surface area contributed by atoms with Gasteiger partial charge in [0.2, 0.25) is 11.8 Å². The fraction of sp³-hybridized carbons (Fsp3) is 0. The van der Waals surface area contributed by atoms with Crippen LogP contribution in [0.15, 0.2) is 167 Å². The normalized spacial score (nSPS) is 11.1. The van der Waals surface area contributed by atoms with E-state index in [1.54, 1.807) is 36.4 Å². The summed E-state index contributed by atoms with van der Waals surface area (Å²) in [5, 5.41) is 32.9. The zero-order valence-electron chi connectivity index (χ0n) is 30.0. The molecule has 0 amide bonds. The SMILES string of the molecule is N#Cc1ccc2oc(-c3ccc(N(c4ccc(-c5nc6cc(C#N)ccc6o5)cc4)c4ccc5cc(-c6ccc7ccccc7c6C#N)ccc5c4)cc3)nc2c1. The van der Waals surface area contributed by atoms with Gasteiger partial charge in [-0.25, -0.2) is 9.97 Å². The van der Waals surface area contributed by atoms with Gasteiger partial charge in [0, 0.05) is 39.1 Å². The number of fused-ring (bicyclic) bond motifs is 4. The monoisotopic (exact) mass is 730 g/mol. The minimum absolute atomic E-state index is 0.468. The van der Waals surface area contributed by atoms with Gasteiger partial charge in [0.1, 0.15) is 17.1 Å². The first-order valence-corrected chi connectivity index (χ1v) is 18.1. The van der Waals surface area contributed by atoms with Gasteiger partial charge in [-0.05, 0) is 125 Å². The maximum atomic E-state index is 10.2. The highest BCUT2D eigenvalue weighted by Gasteiger charge is 2.18. The third-order valence-corrected chi connectivity index (χ3v) is 10.2. The largest absolute Gasteiger partial charge is 0.436 e. The molecular formula is C49H26N6O2. The third kappa shape index (κ3) is 5.86. The van der Waals surface area contributed by atoms with Crippen molar-refractivity contribution in [2.45, 2.75) is 0 Å². The Bertz CT molecular complexity index is 3210. The predicted octanol–water partition coefficient (Wildman–Crippen LogP) is 12.4. The molecule has 0 bridgehead atoms. The van der Waals surface area contributed by atoms with Crippen molar-refractivity contribution in [3.63, 3.8) is 0 Å². The van der Waals surface area contributed by atoms with E-state index in [0.29, 0.717) is 50.7 Å². The minimum Gasteiger partial charge on any atom is -0.436 e. The number of nitrogens with zero attached hydrogens (tertiary/aromatic N) is 6. The fourth-order valence-electron chi connectivity index (χ4n) is 7.37. The number of anilines is 3. The van der Waals surface area contributed by atoms with Crippen molar-refractivity contribution in [2.75, 3.05) is 4.90 Å². The molecular weight excluding hydrogens is 705 g/mol. The summed E-state index contributed by atoms with van der Waals surface area (Å²) in [6.07, 6.45) is 0. The van der Waals surface area contributed by atoms with Gasteiger partial charge in [0.25, 0.3) is 0 Å². The molecule has 2 aromatic heterocycles. The van der Waals surface area contributed by atoms with Crippen LogP contribution in [0.5, 0.6) is 0 Å². The highest BCUT2D eigenvalue weighted by atomic mass is 16.4. The molecule has 0 N–H and O–H groups in total. The molecule has 0 saturated heterocycles. The standard InChI is InChI=1S/C49H26N6O2/c50-27-30-5-21-46-44(23-30)53-48(56-46)33-9-15-38(16-10-33)55(39-17-11-34(12-18-39)49-54-45-24-31(28-51)6-22-47(45)57-49)40-19-13-35-25-37(8-7-36(35)26-40)42-20-14-32-3-1-2-4-41(32)43(42)29-52/h1-26H. The molecule has 0 radical (unpaired) electrons. The fourth-order valence-corrected chi connectivity index (χ4v) is 7.37. The molecule has 0 saturated carbocycles. The summed E-state index contributed by atoms with van der Waals surface area (Å²) in [6, 6.07) is 57.9. The zero-order chi connectivity index (χ0) is 38.5. The number of benzene rings is 8. The van der Waals surface area contributed by atoms with E-state index in [4.69, 9.17) is 8.83 Å². The van der Waals surface area contributed by atoms with Crippen LogP contribution in [0.25, 0.3) is 77.8 Å². The van der Waals surface area contributed by atoms with Crippen LogP contribution in [0.4, 0.5) is 17.1 Å². The van der Waals surface area contributed by atoms with Crippen LogP contribution >= 0.6 is 0 Å². The molecule has 0 aliphatic heterocycles. The number of hydrogen-bond donors (Lipinski definition) is 0. The number of aromatic nitrogens is 2. The van der Waals surface area contributed by atoms with E-state index in [1.807, 2.05) is 78.9 Å². The molecule has 0 unspecified atom stereocenters. The van der Waals surface area contributed by atoms with Crippen LogP contribution in [-0.4, -0.2) is 9.97 Å². The van der Waals surface area contributed by atoms with Crippen molar-refractivity contribution in [1.29, 1.82) is 15.8 Å². The minimum atomic E-state index is 0.468. The summed E-state index contributed by atoms with van der Waals surface area (Å²) in [5.74, 6) is 0.936. The molecule has 8 aromatic carbocycles. The van der Waals surface area contributed by atoms with Gasteiger partial charge < -0.3 is 13.7 Å². The van der Waals surface area contributed by atoms with Gasteiger partial charge >= 0.3 is 0 Å². The summed E-state index contributed by atoms with van der Waals surface area (Å²) < 4.78 is 12.1. The second-order valence-corrected chi connectivity index (χ2v) is 13.6. The van der Waals surface area contributed by atoms with Crippen molar-refractivity contribution in [3.05, 3.63) is 174 Å². The average Bonchev–Trinajstić information content (AvgIpc) is 3.90. The smallest absolute Gasteiger partial charge is 0.227 e. The van der Waals surface area contributed by atoms with Gasteiger partial charge in [-0.1, -0.05) is 54.6 Å². The lowest BCUT2D eigenvalue weighted by molar-refractivity contribution is 0.619. The van der Waals surface area contributed by atoms with Gasteiger partial charge in [-0.3, -0.25) is 0 Å². The van der Waals surface area contributed by atoms with Gasteiger partial charge in [0.15, 0.2) is 11.2 Å². The van der Waals surface area contributed by atoms with Crippen LogP contribution in [0.1, 0.15) is 16.7 Å². The molecule has 57 heavy (non-hydrogen) atoms. The van der Waals surface area contributed by atoms with Gasteiger partial charge in [0.05, 0.1) is 28.8 Å². The predicted molar refractivity (Wildman–Crippen MR) is 222 cm³/mol. The molecule has 264 valence electrons. The molecule has 0 spiro atoms. The third-order valence-electron chi connectivity index (χ3n) is 10.2. The van der Waals surface area contributed by atoms with Crippen LogP contribution in [0.3, 0.4) is 0 Å². The molecule has 2 heterocycles. The maximum Gasteiger partial charge on any atom is 0.227 e.